The van der Waals surface area contributed by atoms with Crippen LogP contribution in [-0.2, 0) is 16.0 Å². The first-order chi connectivity index (χ1) is 9.73. The van der Waals surface area contributed by atoms with E-state index in [1.165, 1.54) is 16.6 Å². The number of H-pyrrole nitrogens is 1. The summed E-state index contributed by atoms with van der Waals surface area (Å²) < 4.78 is 5.85. The molecule has 0 fully saturated rings. The molecule has 20 heavy (non-hydrogen) atoms. The number of hydrogen-bond acceptors (Lipinski definition) is 2. The molecule has 1 aromatic carbocycles. The van der Waals surface area contributed by atoms with Crippen LogP contribution in [0.1, 0.15) is 30.0 Å². The van der Waals surface area contributed by atoms with Gasteiger partial charge in [-0.15, -0.1) is 0 Å². The molecule has 0 spiro atoms. The van der Waals surface area contributed by atoms with Crippen molar-refractivity contribution in [2.75, 3.05) is 7.11 Å². The van der Waals surface area contributed by atoms with Crippen molar-refractivity contribution in [3.63, 3.8) is 0 Å². The summed E-state index contributed by atoms with van der Waals surface area (Å²) in [5, 5.41) is 1.23. The van der Waals surface area contributed by atoms with Crippen LogP contribution in [0.15, 0.2) is 36.4 Å². The monoisotopic (exact) mass is 267 g/mol. The number of benzene rings is 1. The zero-order chi connectivity index (χ0) is 13.7. The lowest BCUT2D eigenvalue weighted by Gasteiger charge is -2.42. The number of ether oxygens (including phenoxy) is 1. The highest BCUT2D eigenvalue weighted by molar-refractivity contribution is 5.94. The van der Waals surface area contributed by atoms with Gasteiger partial charge in [-0.2, -0.15) is 0 Å². The van der Waals surface area contributed by atoms with Gasteiger partial charge in [-0.25, -0.2) is 0 Å². The Morgan fingerprint density at radius 3 is 3.05 bits per heavy atom. The van der Waals surface area contributed by atoms with Gasteiger partial charge in [0.1, 0.15) is 0 Å². The number of carbonyl (C=O) groups is 1. The topological polar surface area (TPSA) is 42.1 Å². The molecule has 2 atom stereocenters. The summed E-state index contributed by atoms with van der Waals surface area (Å²) in [6.07, 6.45) is 6.11. The average Bonchev–Trinajstić information content (AvgIpc) is 2.86. The van der Waals surface area contributed by atoms with Gasteiger partial charge in [0.05, 0.1) is 5.60 Å². The van der Waals surface area contributed by atoms with Gasteiger partial charge in [0.15, 0.2) is 5.78 Å². The maximum atomic E-state index is 11.9. The fourth-order valence-corrected chi connectivity index (χ4v) is 3.84. The number of rotatable bonds is 1. The molecule has 102 valence electrons. The van der Waals surface area contributed by atoms with Crippen molar-refractivity contribution in [3.8, 4) is 0 Å². The van der Waals surface area contributed by atoms with E-state index in [1.807, 2.05) is 12.1 Å². The molecule has 0 radical (unpaired) electrons. The standard InChI is InChI=1S/C17H17NO2/c1-20-17-8-6-11(19)10-13(17)16-12-4-2-3-5-14(12)18-15(16)7-9-17/h2-6,8,13,18H,7,9-10H2,1H3/t13-,17-/m1/s1. The minimum atomic E-state index is -0.314. The summed E-state index contributed by atoms with van der Waals surface area (Å²) in [6, 6.07) is 8.33. The molecule has 1 aromatic heterocycles. The van der Waals surface area contributed by atoms with Crippen LogP contribution in [0.5, 0.6) is 0 Å². The highest BCUT2D eigenvalue weighted by Crippen LogP contribution is 2.48. The molecule has 0 bridgehead atoms. The van der Waals surface area contributed by atoms with Crippen LogP contribution in [0.25, 0.3) is 10.9 Å². The van der Waals surface area contributed by atoms with Crippen LogP contribution >= 0.6 is 0 Å². The molecule has 3 heteroatoms. The van der Waals surface area contributed by atoms with Crippen LogP contribution in [0, 0.1) is 0 Å². The zero-order valence-corrected chi connectivity index (χ0v) is 11.5. The molecule has 4 rings (SSSR count). The Morgan fingerprint density at radius 2 is 2.20 bits per heavy atom. The largest absolute Gasteiger partial charge is 0.373 e. The normalized spacial score (nSPS) is 28.4. The minimum Gasteiger partial charge on any atom is -0.373 e. The van der Waals surface area contributed by atoms with Gasteiger partial charge >= 0.3 is 0 Å². The first kappa shape index (κ1) is 11.9. The van der Waals surface area contributed by atoms with E-state index >= 15 is 0 Å². The van der Waals surface area contributed by atoms with Crippen molar-refractivity contribution in [1.29, 1.82) is 0 Å². The molecule has 2 aromatic rings. The Bertz CT molecular complexity index is 728. The number of nitrogens with one attached hydrogen (secondary N) is 1. The molecule has 0 amide bonds. The van der Waals surface area contributed by atoms with Gasteiger partial charge in [-0.3, -0.25) is 4.79 Å². The summed E-state index contributed by atoms with van der Waals surface area (Å²) in [5.41, 5.74) is 3.40. The number of para-hydroxylation sites is 1. The first-order valence-corrected chi connectivity index (χ1v) is 7.10. The maximum absolute atomic E-state index is 11.9. The molecular weight excluding hydrogens is 250 g/mol. The summed E-state index contributed by atoms with van der Waals surface area (Å²) in [5.74, 6) is 0.325. The predicted octanol–water partition coefficient (Wildman–Crippen LogP) is 3.11. The van der Waals surface area contributed by atoms with Crippen LogP contribution < -0.4 is 0 Å². The minimum absolute atomic E-state index is 0.130. The quantitative estimate of drug-likeness (QED) is 0.862. The number of aromatic amines is 1. The van der Waals surface area contributed by atoms with Crippen molar-refractivity contribution in [2.24, 2.45) is 0 Å². The van der Waals surface area contributed by atoms with Crippen molar-refractivity contribution < 1.29 is 9.53 Å². The number of methoxy groups -OCH3 is 1. The highest BCUT2D eigenvalue weighted by atomic mass is 16.5. The van der Waals surface area contributed by atoms with Gasteiger partial charge in [0, 0.05) is 36.0 Å². The molecule has 1 N–H and O–H groups in total. The number of allylic oxidation sites excluding steroid dienone is 1. The Kier molecular flexibility index (Phi) is 2.42. The summed E-state index contributed by atoms with van der Waals surface area (Å²) in [4.78, 5) is 15.4. The van der Waals surface area contributed by atoms with E-state index in [1.54, 1.807) is 13.2 Å². The molecule has 0 saturated carbocycles. The third-order valence-electron chi connectivity index (χ3n) is 4.87. The molecule has 0 unspecified atom stereocenters. The van der Waals surface area contributed by atoms with Crippen LogP contribution in [0.4, 0.5) is 0 Å². The third-order valence-corrected chi connectivity index (χ3v) is 4.87. The lowest BCUT2D eigenvalue weighted by atomic mass is 9.68. The van der Waals surface area contributed by atoms with E-state index in [9.17, 15) is 4.79 Å². The zero-order valence-electron chi connectivity index (χ0n) is 11.5. The number of aromatic nitrogens is 1. The number of hydrogen-bond donors (Lipinski definition) is 1. The molecule has 2 aliphatic rings. The lowest BCUT2D eigenvalue weighted by Crippen LogP contribution is -2.43. The number of carbonyl (C=O) groups excluding carboxylic acids is 1. The van der Waals surface area contributed by atoms with E-state index in [0.717, 1.165) is 18.4 Å². The van der Waals surface area contributed by atoms with Crippen molar-refractivity contribution >= 4 is 16.7 Å². The maximum Gasteiger partial charge on any atom is 0.156 e. The summed E-state index contributed by atoms with van der Waals surface area (Å²) in [6.45, 7) is 0. The molecule has 3 nitrogen and oxygen atoms in total. The van der Waals surface area contributed by atoms with E-state index in [4.69, 9.17) is 4.74 Å². The third kappa shape index (κ3) is 1.47. The van der Waals surface area contributed by atoms with Gasteiger partial charge in [0.25, 0.3) is 0 Å². The van der Waals surface area contributed by atoms with Gasteiger partial charge in [-0.05, 0) is 36.6 Å². The van der Waals surface area contributed by atoms with Crippen LogP contribution in [0.3, 0.4) is 0 Å². The van der Waals surface area contributed by atoms with Crippen molar-refractivity contribution in [3.05, 3.63) is 47.7 Å². The molecule has 0 aliphatic heterocycles. The SMILES string of the molecule is CO[C@@]12C=CC(=O)C[C@@H]1c1c([nH]c3ccccc13)CC2. The van der Waals surface area contributed by atoms with E-state index in [-0.39, 0.29) is 17.3 Å². The van der Waals surface area contributed by atoms with E-state index in [2.05, 4.69) is 23.2 Å². The second-order valence-corrected chi connectivity index (χ2v) is 5.78. The molecular formula is C17H17NO2. The smallest absolute Gasteiger partial charge is 0.156 e. The number of aryl methyl sites for hydroxylation is 1. The highest BCUT2D eigenvalue weighted by Gasteiger charge is 2.46. The van der Waals surface area contributed by atoms with Crippen molar-refractivity contribution in [1.82, 2.24) is 4.98 Å². The second-order valence-electron chi connectivity index (χ2n) is 5.78. The fourth-order valence-electron chi connectivity index (χ4n) is 3.84. The Labute approximate surface area is 117 Å². The van der Waals surface area contributed by atoms with Crippen molar-refractivity contribution in [2.45, 2.75) is 30.8 Å². The lowest BCUT2D eigenvalue weighted by molar-refractivity contribution is -0.118. The van der Waals surface area contributed by atoms with Gasteiger partial charge in [0.2, 0.25) is 0 Å². The summed E-state index contributed by atoms with van der Waals surface area (Å²) in [7, 11) is 1.76. The Hall–Kier alpha value is -1.87. The fraction of sp³-hybridized carbons (Fsp3) is 0.353. The van der Waals surface area contributed by atoms with E-state index < -0.39 is 0 Å². The van der Waals surface area contributed by atoms with Crippen LogP contribution in [-0.4, -0.2) is 23.5 Å². The van der Waals surface area contributed by atoms with Crippen LogP contribution in [0.2, 0.25) is 0 Å². The number of fused-ring (bicyclic) bond motifs is 5. The van der Waals surface area contributed by atoms with Gasteiger partial charge in [-0.1, -0.05) is 18.2 Å². The second kappa shape index (κ2) is 4.06. The molecule has 1 heterocycles. The summed E-state index contributed by atoms with van der Waals surface area (Å²) >= 11 is 0. The first-order valence-electron chi connectivity index (χ1n) is 7.10. The average molecular weight is 267 g/mol. The van der Waals surface area contributed by atoms with E-state index in [0.29, 0.717) is 6.42 Å². The predicted molar refractivity (Wildman–Crippen MR) is 77.9 cm³/mol. The molecule has 0 saturated heterocycles. The number of ketones is 1. The Balaban J connectivity index is 1.98. The van der Waals surface area contributed by atoms with Gasteiger partial charge < -0.3 is 9.72 Å². The molecule has 2 aliphatic carbocycles. The Morgan fingerprint density at radius 1 is 1.35 bits per heavy atom.